The second kappa shape index (κ2) is 11.2. The van der Waals surface area contributed by atoms with Gasteiger partial charge in [-0.2, -0.15) is 0 Å². The van der Waals surface area contributed by atoms with Gasteiger partial charge in [0.25, 0.3) is 5.91 Å². The van der Waals surface area contributed by atoms with Gasteiger partial charge in [-0.25, -0.2) is 4.39 Å². The van der Waals surface area contributed by atoms with Crippen molar-refractivity contribution in [3.05, 3.63) is 86.8 Å². The molecular weight excluding hydrogens is 487 g/mol. The lowest BCUT2D eigenvalue weighted by Gasteiger charge is -2.38. The smallest absolute Gasteiger partial charge is 0.256 e. The van der Waals surface area contributed by atoms with Crippen LogP contribution in [-0.2, 0) is 11.2 Å². The molecule has 2 atom stereocenters. The van der Waals surface area contributed by atoms with Crippen LogP contribution in [-0.4, -0.2) is 47.4 Å². The lowest BCUT2D eigenvalue weighted by atomic mass is 10.00. The van der Waals surface area contributed by atoms with Crippen LogP contribution in [0.2, 0.25) is 5.02 Å². The molecule has 1 aromatic heterocycles. The highest BCUT2D eigenvalue weighted by molar-refractivity contribution is 7.10. The maximum absolute atomic E-state index is 13.6. The van der Waals surface area contributed by atoms with Crippen molar-refractivity contribution >= 4 is 34.8 Å². The molecule has 0 radical (unpaired) electrons. The van der Waals surface area contributed by atoms with Gasteiger partial charge in [-0.05, 0) is 73.2 Å². The summed E-state index contributed by atoms with van der Waals surface area (Å²) >= 11 is 7.96. The molecule has 35 heavy (non-hydrogen) atoms. The van der Waals surface area contributed by atoms with Crippen molar-refractivity contribution in [2.75, 3.05) is 19.7 Å². The Bertz CT molecular complexity index is 1180. The van der Waals surface area contributed by atoms with Crippen LogP contribution in [0.4, 0.5) is 4.39 Å². The Morgan fingerprint density at radius 3 is 2.66 bits per heavy atom. The molecule has 8 heteroatoms. The highest BCUT2D eigenvalue weighted by Gasteiger charge is 2.34. The van der Waals surface area contributed by atoms with Gasteiger partial charge < -0.3 is 14.5 Å². The van der Waals surface area contributed by atoms with Crippen molar-refractivity contribution in [3.8, 4) is 5.75 Å². The number of hydrogen-bond acceptors (Lipinski definition) is 4. The van der Waals surface area contributed by atoms with Crippen LogP contribution in [0, 0.1) is 5.82 Å². The molecule has 2 heterocycles. The summed E-state index contributed by atoms with van der Waals surface area (Å²) in [6, 6.07) is 14.3. The van der Waals surface area contributed by atoms with Gasteiger partial charge in [-0.15, -0.1) is 11.3 Å². The minimum atomic E-state index is -0.333. The highest BCUT2D eigenvalue weighted by Crippen LogP contribution is 2.34. The number of ether oxygens (including phenoxy) is 1. The summed E-state index contributed by atoms with van der Waals surface area (Å²) in [6.45, 7) is 4.65. The molecule has 1 aliphatic rings. The van der Waals surface area contributed by atoms with Crippen molar-refractivity contribution in [2.45, 2.75) is 38.8 Å². The van der Waals surface area contributed by atoms with E-state index in [1.165, 1.54) is 17.0 Å². The fraction of sp³-hybridized carbons (Fsp3) is 0.333. The largest absolute Gasteiger partial charge is 0.491 e. The molecule has 184 valence electrons. The van der Waals surface area contributed by atoms with Crippen LogP contribution in [0.3, 0.4) is 0 Å². The third-order valence-electron chi connectivity index (χ3n) is 6.43. The predicted octanol–water partition coefficient (Wildman–Crippen LogP) is 5.99. The molecule has 1 aliphatic heterocycles. The molecule has 4 rings (SSSR count). The Morgan fingerprint density at radius 1 is 1.20 bits per heavy atom. The minimum absolute atomic E-state index is 0.0500. The van der Waals surface area contributed by atoms with Crippen molar-refractivity contribution in [1.29, 1.82) is 0 Å². The van der Waals surface area contributed by atoms with Gasteiger partial charge in [-0.3, -0.25) is 9.59 Å². The second-order valence-corrected chi connectivity index (χ2v) is 10.00. The summed E-state index contributed by atoms with van der Waals surface area (Å²) in [5.41, 5.74) is 1.45. The monoisotopic (exact) mass is 514 g/mol. The number of benzene rings is 2. The summed E-state index contributed by atoms with van der Waals surface area (Å²) in [4.78, 5) is 31.7. The van der Waals surface area contributed by atoms with Gasteiger partial charge in [0.2, 0.25) is 5.91 Å². The van der Waals surface area contributed by atoms with Gasteiger partial charge >= 0.3 is 0 Å². The van der Waals surface area contributed by atoms with Crippen LogP contribution < -0.4 is 4.74 Å². The van der Waals surface area contributed by atoms with E-state index in [1.807, 2.05) is 25.3 Å². The zero-order chi connectivity index (χ0) is 24.9. The van der Waals surface area contributed by atoms with E-state index in [-0.39, 0.29) is 42.9 Å². The van der Waals surface area contributed by atoms with E-state index in [0.29, 0.717) is 29.3 Å². The first kappa shape index (κ1) is 25.2. The Kier molecular flexibility index (Phi) is 8.08. The average molecular weight is 515 g/mol. The van der Waals surface area contributed by atoms with E-state index in [1.54, 1.807) is 57.5 Å². The van der Waals surface area contributed by atoms with E-state index in [4.69, 9.17) is 16.3 Å². The standard InChI is InChI=1S/C27H28ClFN2O3S/c1-3-18(2)31(27(33)21-6-4-5-7-23(21)28)16-26(32)30-14-12-25-22(13-15-35-25)24(30)17-34-20-10-8-19(29)9-11-20/h4-11,13,15,18,24H,3,12,14,16-17H2,1-2H3. The zero-order valence-corrected chi connectivity index (χ0v) is 21.3. The first-order valence-corrected chi connectivity index (χ1v) is 12.9. The summed E-state index contributed by atoms with van der Waals surface area (Å²) in [6.07, 6.45) is 1.46. The maximum Gasteiger partial charge on any atom is 0.256 e. The quantitative estimate of drug-likeness (QED) is 0.371. The number of rotatable bonds is 8. The minimum Gasteiger partial charge on any atom is -0.491 e. The number of halogens is 2. The second-order valence-electron chi connectivity index (χ2n) is 8.59. The summed E-state index contributed by atoms with van der Waals surface area (Å²) in [5, 5.41) is 2.39. The molecule has 0 bridgehead atoms. The van der Waals surface area contributed by atoms with Crippen molar-refractivity contribution in [2.24, 2.45) is 0 Å². The molecule has 2 amide bonds. The first-order valence-electron chi connectivity index (χ1n) is 11.7. The highest BCUT2D eigenvalue weighted by atomic mass is 35.5. The van der Waals surface area contributed by atoms with Crippen molar-refractivity contribution < 1.29 is 18.7 Å². The number of thiophene rings is 1. The van der Waals surface area contributed by atoms with E-state index in [2.05, 4.69) is 0 Å². The molecule has 5 nitrogen and oxygen atoms in total. The average Bonchev–Trinajstić information content (AvgIpc) is 3.35. The molecule has 0 N–H and O–H groups in total. The Balaban J connectivity index is 1.55. The van der Waals surface area contributed by atoms with Gasteiger partial charge in [0.15, 0.2) is 0 Å². The fourth-order valence-electron chi connectivity index (χ4n) is 4.25. The Labute approximate surface area is 214 Å². The van der Waals surface area contributed by atoms with Crippen LogP contribution in [0.1, 0.15) is 47.1 Å². The normalized spacial score (nSPS) is 15.9. The van der Waals surface area contributed by atoms with Gasteiger partial charge in [0.05, 0.1) is 16.6 Å². The molecule has 3 aromatic rings. The number of nitrogens with zero attached hydrogens (tertiary/aromatic N) is 2. The number of amides is 2. The molecule has 0 fully saturated rings. The van der Waals surface area contributed by atoms with E-state index in [0.717, 1.165) is 12.0 Å². The zero-order valence-electron chi connectivity index (χ0n) is 19.7. The third-order valence-corrected chi connectivity index (χ3v) is 7.76. The summed E-state index contributed by atoms with van der Waals surface area (Å²) in [7, 11) is 0. The molecule has 2 unspecified atom stereocenters. The van der Waals surface area contributed by atoms with Crippen LogP contribution in [0.5, 0.6) is 5.75 Å². The van der Waals surface area contributed by atoms with Gasteiger partial charge in [-0.1, -0.05) is 30.7 Å². The van der Waals surface area contributed by atoms with Crippen LogP contribution in [0.25, 0.3) is 0 Å². The molecule has 0 aliphatic carbocycles. The Hall–Kier alpha value is -2.90. The molecular formula is C27H28ClFN2O3S. The molecule has 0 saturated heterocycles. The number of fused-ring (bicyclic) bond motifs is 1. The summed E-state index contributed by atoms with van der Waals surface area (Å²) < 4.78 is 19.2. The van der Waals surface area contributed by atoms with E-state index >= 15 is 0 Å². The third kappa shape index (κ3) is 5.68. The van der Waals surface area contributed by atoms with Crippen molar-refractivity contribution in [3.63, 3.8) is 0 Å². The van der Waals surface area contributed by atoms with Crippen LogP contribution >= 0.6 is 22.9 Å². The number of hydrogen-bond donors (Lipinski definition) is 0. The van der Waals surface area contributed by atoms with Gasteiger partial charge in [0.1, 0.15) is 24.7 Å². The fourth-order valence-corrected chi connectivity index (χ4v) is 5.40. The van der Waals surface area contributed by atoms with Gasteiger partial charge in [0, 0.05) is 17.5 Å². The summed E-state index contributed by atoms with van der Waals surface area (Å²) in [5.74, 6) is -0.197. The molecule has 0 spiro atoms. The maximum atomic E-state index is 13.6. The predicted molar refractivity (Wildman–Crippen MR) is 137 cm³/mol. The van der Waals surface area contributed by atoms with E-state index in [9.17, 15) is 14.0 Å². The SMILES string of the molecule is CCC(C)N(CC(=O)N1CCc2sccc2C1COc1ccc(F)cc1)C(=O)c1ccccc1Cl. The lowest BCUT2D eigenvalue weighted by molar-refractivity contribution is -0.136. The topological polar surface area (TPSA) is 49.9 Å². The Morgan fingerprint density at radius 2 is 1.94 bits per heavy atom. The molecule has 0 saturated carbocycles. The number of carbonyl (C=O) groups excluding carboxylic acids is 2. The first-order chi connectivity index (χ1) is 16.9. The van der Waals surface area contributed by atoms with E-state index < -0.39 is 0 Å². The molecule has 2 aromatic carbocycles. The van der Waals surface area contributed by atoms with Crippen LogP contribution in [0.15, 0.2) is 60.0 Å². The number of carbonyl (C=O) groups is 2. The lowest BCUT2D eigenvalue weighted by Crippen LogP contribution is -2.50. The van der Waals surface area contributed by atoms with Crippen molar-refractivity contribution in [1.82, 2.24) is 9.80 Å².